The highest BCUT2D eigenvalue weighted by atomic mass is 19.4. The maximum Gasteiger partial charge on any atom is 0.416 e. The second-order valence-electron chi connectivity index (χ2n) is 8.07. The number of halogens is 3. The van der Waals surface area contributed by atoms with Gasteiger partial charge in [0, 0.05) is 23.8 Å². The molecule has 0 spiro atoms. The molecule has 4 nitrogen and oxygen atoms in total. The monoisotopic (exact) mass is 403 g/mol. The second-order valence-corrected chi connectivity index (χ2v) is 8.07. The number of hydrogen-bond acceptors (Lipinski definition) is 3. The van der Waals surface area contributed by atoms with E-state index in [4.69, 9.17) is 0 Å². The van der Waals surface area contributed by atoms with Crippen molar-refractivity contribution < 1.29 is 18.0 Å². The van der Waals surface area contributed by atoms with E-state index in [1.54, 1.807) is 0 Å². The Kier molecular flexibility index (Phi) is 5.43. The molecule has 1 atom stereocenters. The van der Waals surface area contributed by atoms with Gasteiger partial charge in [0.25, 0.3) is 5.91 Å². The minimum atomic E-state index is -4.50. The van der Waals surface area contributed by atoms with Gasteiger partial charge in [-0.25, -0.2) is 5.43 Å². The SMILES string of the molecule is CC1CC(C)(C)N(C)c2ccc(/C=N/NC(=O)c3cccc(C(F)(F)F)c3)cc21. The molecule has 1 aliphatic heterocycles. The molecule has 154 valence electrons. The molecule has 0 aromatic heterocycles. The normalized spacial score (nSPS) is 18.6. The number of nitrogens with one attached hydrogen (secondary N) is 1. The van der Waals surface area contributed by atoms with Crippen LogP contribution in [0.3, 0.4) is 0 Å². The van der Waals surface area contributed by atoms with Crippen molar-refractivity contribution in [2.24, 2.45) is 5.10 Å². The van der Waals surface area contributed by atoms with Gasteiger partial charge in [-0.3, -0.25) is 4.79 Å². The van der Waals surface area contributed by atoms with Crippen LogP contribution in [0.25, 0.3) is 0 Å². The van der Waals surface area contributed by atoms with Crippen molar-refractivity contribution in [1.29, 1.82) is 0 Å². The minimum Gasteiger partial charge on any atom is -0.369 e. The Labute approximate surface area is 168 Å². The lowest BCUT2D eigenvalue weighted by Gasteiger charge is -2.45. The number of carbonyl (C=O) groups is 1. The number of anilines is 1. The Morgan fingerprint density at radius 1 is 1.24 bits per heavy atom. The van der Waals surface area contributed by atoms with E-state index in [9.17, 15) is 18.0 Å². The summed E-state index contributed by atoms with van der Waals surface area (Å²) in [6, 6.07) is 10.2. The summed E-state index contributed by atoms with van der Waals surface area (Å²) in [5.41, 5.74) is 4.58. The summed E-state index contributed by atoms with van der Waals surface area (Å²) in [4.78, 5) is 14.4. The summed E-state index contributed by atoms with van der Waals surface area (Å²) in [6.45, 7) is 6.61. The molecule has 7 heteroatoms. The van der Waals surface area contributed by atoms with Crippen LogP contribution in [-0.2, 0) is 6.18 Å². The smallest absolute Gasteiger partial charge is 0.369 e. The first-order valence-corrected chi connectivity index (χ1v) is 9.37. The summed E-state index contributed by atoms with van der Waals surface area (Å²) in [7, 11) is 2.08. The molecule has 0 saturated heterocycles. The predicted molar refractivity (Wildman–Crippen MR) is 108 cm³/mol. The van der Waals surface area contributed by atoms with Crippen molar-refractivity contribution in [2.75, 3.05) is 11.9 Å². The van der Waals surface area contributed by atoms with Crippen molar-refractivity contribution in [2.45, 2.75) is 44.8 Å². The van der Waals surface area contributed by atoms with Gasteiger partial charge in [0.05, 0.1) is 11.8 Å². The topological polar surface area (TPSA) is 44.7 Å². The lowest BCUT2D eigenvalue weighted by molar-refractivity contribution is -0.137. The highest BCUT2D eigenvalue weighted by molar-refractivity contribution is 5.95. The van der Waals surface area contributed by atoms with Gasteiger partial charge in [0.15, 0.2) is 0 Å². The van der Waals surface area contributed by atoms with Crippen LogP contribution in [0.1, 0.15) is 60.2 Å². The van der Waals surface area contributed by atoms with E-state index in [2.05, 4.69) is 43.2 Å². The first kappa shape index (κ1) is 20.9. The first-order valence-electron chi connectivity index (χ1n) is 9.37. The standard InChI is InChI=1S/C22H24F3N3O/c1-14-12-21(2,3)28(4)19-9-8-15(10-18(14)19)13-26-27-20(29)16-6-5-7-17(11-16)22(23,24)25/h5-11,13-14H,12H2,1-4H3,(H,27,29)/b26-13+. The number of carbonyl (C=O) groups excluding carboxylic acids is 1. The van der Waals surface area contributed by atoms with Crippen molar-refractivity contribution in [3.63, 3.8) is 0 Å². The molecule has 0 radical (unpaired) electrons. The molecule has 1 aliphatic rings. The molecule has 2 aromatic carbocycles. The van der Waals surface area contributed by atoms with Gasteiger partial charge in [-0.1, -0.05) is 19.1 Å². The average Bonchev–Trinajstić information content (AvgIpc) is 2.65. The van der Waals surface area contributed by atoms with Crippen LogP contribution >= 0.6 is 0 Å². The van der Waals surface area contributed by atoms with Crippen molar-refractivity contribution in [1.82, 2.24) is 5.43 Å². The number of alkyl halides is 3. The van der Waals surface area contributed by atoms with Crippen molar-refractivity contribution in [3.05, 3.63) is 64.7 Å². The van der Waals surface area contributed by atoms with Gasteiger partial charge in [-0.2, -0.15) is 18.3 Å². The Balaban J connectivity index is 1.73. The van der Waals surface area contributed by atoms with E-state index >= 15 is 0 Å². The third kappa shape index (κ3) is 4.44. The van der Waals surface area contributed by atoms with Crippen LogP contribution in [0.15, 0.2) is 47.6 Å². The van der Waals surface area contributed by atoms with Crippen LogP contribution in [0.4, 0.5) is 18.9 Å². The largest absolute Gasteiger partial charge is 0.416 e. The van der Waals surface area contributed by atoms with E-state index in [1.807, 2.05) is 18.2 Å². The maximum atomic E-state index is 12.8. The molecule has 1 heterocycles. The fourth-order valence-corrected chi connectivity index (χ4v) is 3.74. The number of hydrogen-bond donors (Lipinski definition) is 1. The molecule has 1 N–H and O–H groups in total. The molecule has 29 heavy (non-hydrogen) atoms. The van der Waals surface area contributed by atoms with E-state index in [0.29, 0.717) is 5.92 Å². The Bertz CT molecular complexity index is 951. The molecule has 2 aromatic rings. The molecule has 1 unspecified atom stereocenters. The molecule has 0 fully saturated rings. The first-order chi connectivity index (χ1) is 13.5. The predicted octanol–water partition coefficient (Wildman–Crippen LogP) is 5.19. The van der Waals surface area contributed by atoms with E-state index in [0.717, 1.165) is 24.1 Å². The molecule has 0 bridgehead atoms. The quantitative estimate of drug-likeness (QED) is 0.566. The van der Waals surface area contributed by atoms with E-state index in [-0.39, 0.29) is 11.1 Å². The van der Waals surface area contributed by atoms with Crippen LogP contribution in [0.2, 0.25) is 0 Å². The average molecular weight is 403 g/mol. The van der Waals surface area contributed by atoms with Crippen LogP contribution in [-0.4, -0.2) is 24.7 Å². The van der Waals surface area contributed by atoms with Gasteiger partial charge in [-0.15, -0.1) is 0 Å². The number of fused-ring (bicyclic) bond motifs is 1. The van der Waals surface area contributed by atoms with E-state index in [1.165, 1.54) is 29.6 Å². The van der Waals surface area contributed by atoms with Gasteiger partial charge < -0.3 is 4.90 Å². The zero-order valence-corrected chi connectivity index (χ0v) is 16.8. The number of hydrazone groups is 1. The summed E-state index contributed by atoms with van der Waals surface area (Å²) in [5.74, 6) is -0.315. The second kappa shape index (κ2) is 7.54. The lowest BCUT2D eigenvalue weighted by atomic mass is 9.80. The van der Waals surface area contributed by atoms with Crippen LogP contribution < -0.4 is 10.3 Å². The Morgan fingerprint density at radius 2 is 1.97 bits per heavy atom. The van der Waals surface area contributed by atoms with Crippen LogP contribution in [0.5, 0.6) is 0 Å². The van der Waals surface area contributed by atoms with Crippen molar-refractivity contribution in [3.8, 4) is 0 Å². The number of nitrogens with zero attached hydrogens (tertiary/aromatic N) is 2. The van der Waals surface area contributed by atoms with Gasteiger partial charge in [-0.05, 0) is 67.6 Å². The molecule has 0 saturated carbocycles. The molecule has 1 amide bonds. The molecular formula is C22H24F3N3O. The lowest BCUT2D eigenvalue weighted by Crippen LogP contribution is -2.45. The third-order valence-corrected chi connectivity index (χ3v) is 5.49. The summed E-state index contributed by atoms with van der Waals surface area (Å²) in [5, 5.41) is 3.91. The van der Waals surface area contributed by atoms with Gasteiger partial charge in [0.1, 0.15) is 0 Å². The highest BCUT2D eigenvalue weighted by Crippen LogP contribution is 2.42. The number of amides is 1. The zero-order chi connectivity index (χ0) is 21.4. The number of rotatable bonds is 3. The third-order valence-electron chi connectivity index (χ3n) is 5.49. The fourth-order valence-electron chi connectivity index (χ4n) is 3.74. The summed E-state index contributed by atoms with van der Waals surface area (Å²) in [6.07, 6.45) is -1.98. The Hall–Kier alpha value is -2.83. The van der Waals surface area contributed by atoms with Crippen LogP contribution in [0, 0.1) is 0 Å². The van der Waals surface area contributed by atoms with Crippen molar-refractivity contribution >= 4 is 17.8 Å². The van der Waals surface area contributed by atoms with E-state index < -0.39 is 17.6 Å². The minimum absolute atomic E-state index is 0.0704. The molecule has 3 rings (SSSR count). The maximum absolute atomic E-state index is 12.8. The van der Waals surface area contributed by atoms with Gasteiger partial charge >= 0.3 is 6.18 Å². The highest BCUT2D eigenvalue weighted by Gasteiger charge is 2.34. The summed E-state index contributed by atoms with van der Waals surface area (Å²) < 4.78 is 38.4. The molecular weight excluding hydrogens is 379 g/mol. The van der Waals surface area contributed by atoms with Gasteiger partial charge in [0.2, 0.25) is 0 Å². The molecule has 0 aliphatic carbocycles. The summed E-state index contributed by atoms with van der Waals surface area (Å²) >= 11 is 0. The zero-order valence-electron chi connectivity index (χ0n) is 16.8. The fraction of sp³-hybridized carbons (Fsp3) is 0.364. The Morgan fingerprint density at radius 3 is 2.66 bits per heavy atom. The number of benzene rings is 2.